The molecule has 0 aromatic rings. The molecule has 0 aliphatic heterocycles. The Kier molecular flexibility index (Phi) is 19.6. The molecular weight excluding hydrogens is 268 g/mol. The molecule has 0 aromatic carbocycles. The first-order valence-corrected chi connectivity index (χ1v) is 9.87. The van der Waals surface area contributed by atoms with Crippen LogP contribution in [-0.2, 0) is 0 Å². The Morgan fingerprint density at radius 2 is 0.955 bits per heavy atom. The summed E-state index contributed by atoms with van der Waals surface area (Å²) in [6.07, 6.45) is 29.2. The molecule has 0 rings (SSSR count). The van der Waals surface area contributed by atoms with Gasteiger partial charge >= 0.3 is 0 Å². The Labute approximate surface area is 139 Å². The molecule has 0 saturated carbocycles. The lowest BCUT2D eigenvalue weighted by Crippen LogP contribution is -1.83. The molecule has 0 amide bonds. The molecule has 0 aromatic heterocycles. The van der Waals surface area contributed by atoms with Crippen molar-refractivity contribution >= 4 is 0 Å². The van der Waals surface area contributed by atoms with Gasteiger partial charge in [0.15, 0.2) is 0 Å². The smallest absolute Gasteiger partial charge is 0.0791 e. The summed E-state index contributed by atoms with van der Waals surface area (Å²) >= 11 is 0. The minimum atomic E-state index is 1.09. The summed E-state index contributed by atoms with van der Waals surface area (Å²) in [4.78, 5) is 0. The Balaban J connectivity index is 2.99. The Hall–Kier alpha value is -0.720. The second kappa shape index (κ2) is 20.3. The predicted octanol–water partition coefficient (Wildman–Crippen LogP) is 7.88. The van der Waals surface area contributed by atoms with Crippen molar-refractivity contribution < 1.29 is 5.11 Å². The zero-order chi connectivity index (χ0) is 16.1. The summed E-state index contributed by atoms with van der Waals surface area (Å²) in [6, 6.07) is 0. The zero-order valence-electron chi connectivity index (χ0n) is 15.1. The maximum absolute atomic E-state index is 8.47. The molecule has 0 heterocycles. The Bertz CT molecular complexity index is 242. The van der Waals surface area contributed by atoms with Gasteiger partial charge in [0.25, 0.3) is 0 Å². The van der Waals surface area contributed by atoms with Gasteiger partial charge < -0.3 is 5.11 Å². The molecule has 0 atom stereocenters. The average Bonchev–Trinajstić information content (AvgIpc) is 2.54. The maximum Gasteiger partial charge on any atom is 0.0791 e. The van der Waals surface area contributed by atoms with Gasteiger partial charge in [-0.1, -0.05) is 109 Å². The van der Waals surface area contributed by atoms with Crippen LogP contribution in [0.4, 0.5) is 0 Å². The molecule has 0 aliphatic rings. The highest BCUT2D eigenvalue weighted by Gasteiger charge is 1.93. The van der Waals surface area contributed by atoms with E-state index in [4.69, 9.17) is 5.11 Å². The summed E-state index contributed by atoms with van der Waals surface area (Å²) in [5.41, 5.74) is 0. The molecule has 0 unspecified atom stereocenters. The van der Waals surface area contributed by atoms with Crippen LogP contribution in [0.15, 0.2) is 24.5 Å². The van der Waals surface area contributed by atoms with Crippen molar-refractivity contribution in [3.8, 4) is 0 Å². The molecule has 0 saturated heterocycles. The predicted molar refractivity (Wildman–Crippen MR) is 100 cm³/mol. The van der Waals surface area contributed by atoms with E-state index in [0.717, 1.165) is 12.7 Å². The SMILES string of the molecule is CCCCCCCCCCCCCCCCCC=CC=CO. The molecule has 0 spiro atoms. The third-order valence-electron chi connectivity index (χ3n) is 4.31. The average molecular weight is 309 g/mol. The minimum Gasteiger partial charge on any atom is -0.516 e. The number of aliphatic hydroxyl groups is 1. The molecule has 0 bridgehead atoms. The Morgan fingerprint density at radius 3 is 1.36 bits per heavy atom. The van der Waals surface area contributed by atoms with Crippen molar-refractivity contribution in [2.45, 2.75) is 110 Å². The number of hydrogen-bond donors (Lipinski definition) is 1. The summed E-state index contributed by atoms with van der Waals surface area (Å²) in [7, 11) is 0. The first-order valence-electron chi connectivity index (χ1n) is 9.87. The van der Waals surface area contributed by atoms with E-state index in [-0.39, 0.29) is 0 Å². The summed E-state index contributed by atoms with van der Waals surface area (Å²) in [5.74, 6) is 0. The second-order valence-corrected chi connectivity index (χ2v) is 6.51. The monoisotopic (exact) mass is 308 g/mol. The lowest BCUT2D eigenvalue weighted by molar-refractivity contribution is 0.473. The van der Waals surface area contributed by atoms with E-state index in [1.54, 1.807) is 6.08 Å². The lowest BCUT2D eigenvalue weighted by Gasteiger charge is -2.03. The van der Waals surface area contributed by atoms with Crippen LogP contribution < -0.4 is 0 Å². The fourth-order valence-electron chi connectivity index (χ4n) is 2.86. The molecule has 1 nitrogen and oxygen atoms in total. The molecular formula is C21H40O. The molecule has 130 valence electrons. The van der Waals surface area contributed by atoms with E-state index in [1.165, 1.54) is 96.3 Å². The van der Waals surface area contributed by atoms with Crippen LogP contribution in [0.25, 0.3) is 0 Å². The third kappa shape index (κ3) is 19.3. The van der Waals surface area contributed by atoms with Crippen LogP contribution in [0.5, 0.6) is 0 Å². The third-order valence-corrected chi connectivity index (χ3v) is 4.31. The van der Waals surface area contributed by atoms with Gasteiger partial charge in [-0.3, -0.25) is 0 Å². The summed E-state index contributed by atoms with van der Waals surface area (Å²) in [5, 5.41) is 8.47. The van der Waals surface area contributed by atoms with Crippen molar-refractivity contribution in [3.05, 3.63) is 24.5 Å². The highest BCUT2D eigenvalue weighted by Crippen LogP contribution is 2.13. The molecule has 1 heteroatoms. The van der Waals surface area contributed by atoms with E-state index in [0.29, 0.717) is 0 Å². The highest BCUT2D eigenvalue weighted by atomic mass is 16.2. The van der Waals surface area contributed by atoms with Crippen molar-refractivity contribution in [2.75, 3.05) is 0 Å². The van der Waals surface area contributed by atoms with Crippen LogP contribution in [0.3, 0.4) is 0 Å². The summed E-state index contributed by atoms with van der Waals surface area (Å²) in [6.45, 7) is 2.29. The molecule has 1 N–H and O–H groups in total. The first-order chi connectivity index (χ1) is 10.9. The number of aliphatic hydroxyl groups excluding tert-OH is 1. The maximum atomic E-state index is 8.47. The second-order valence-electron chi connectivity index (χ2n) is 6.51. The van der Waals surface area contributed by atoms with Crippen LogP contribution in [0, 0.1) is 0 Å². The van der Waals surface area contributed by atoms with Crippen LogP contribution >= 0.6 is 0 Å². The van der Waals surface area contributed by atoms with Gasteiger partial charge in [-0.05, 0) is 18.9 Å². The topological polar surface area (TPSA) is 20.2 Å². The number of rotatable bonds is 17. The Morgan fingerprint density at radius 1 is 0.545 bits per heavy atom. The lowest BCUT2D eigenvalue weighted by atomic mass is 10.0. The first kappa shape index (κ1) is 21.3. The van der Waals surface area contributed by atoms with Crippen LogP contribution in [0.2, 0.25) is 0 Å². The molecule has 22 heavy (non-hydrogen) atoms. The van der Waals surface area contributed by atoms with Gasteiger partial charge in [0.2, 0.25) is 0 Å². The van der Waals surface area contributed by atoms with E-state index < -0.39 is 0 Å². The van der Waals surface area contributed by atoms with Crippen molar-refractivity contribution in [2.24, 2.45) is 0 Å². The van der Waals surface area contributed by atoms with Gasteiger partial charge in [0.05, 0.1) is 6.26 Å². The van der Waals surface area contributed by atoms with Crippen molar-refractivity contribution in [1.82, 2.24) is 0 Å². The quantitative estimate of drug-likeness (QED) is 0.165. The van der Waals surface area contributed by atoms with Gasteiger partial charge in [0, 0.05) is 0 Å². The normalized spacial score (nSPS) is 11.9. The van der Waals surface area contributed by atoms with Crippen molar-refractivity contribution in [3.63, 3.8) is 0 Å². The van der Waals surface area contributed by atoms with E-state index >= 15 is 0 Å². The van der Waals surface area contributed by atoms with Gasteiger partial charge in [-0.2, -0.15) is 0 Å². The largest absolute Gasteiger partial charge is 0.516 e. The van der Waals surface area contributed by atoms with Gasteiger partial charge in [-0.15, -0.1) is 0 Å². The molecule has 0 aliphatic carbocycles. The number of hydrogen-bond acceptors (Lipinski definition) is 1. The van der Waals surface area contributed by atoms with Crippen molar-refractivity contribution in [1.29, 1.82) is 0 Å². The summed E-state index contributed by atoms with van der Waals surface area (Å²) < 4.78 is 0. The molecule has 0 fully saturated rings. The van der Waals surface area contributed by atoms with Gasteiger partial charge in [-0.25, -0.2) is 0 Å². The minimum absolute atomic E-state index is 1.09. The van der Waals surface area contributed by atoms with Crippen LogP contribution in [0.1, 0.15) is 110 Å². The number of allylic oxidation sites excluding steroid dienone is 3. The van der Waals surface area contributed by atoms with E-state index in [1.807, 2.05) is 6.08 Å². The number of unbranched alkanes of at least 4 members (excludes halogenated alkanes) is 15. The fourth-order valence-corrected chi connectivity index (χ4v) is 2.86. The van der Waals surface area contributed by atoms with E-state index in [9.17, 15) is 0 Å². The fraction of sp³-hybridized carbons (Fsp3) is 0.810. The molecule has 0 radical (unpaired) electrons. The standard InChI is InChI=1S/C21H40O/c1-2-3-4-5-6-7-8-9-10-11-12-13-14-15-16-17-18-19-20-21-22/h18-22H,2-17H2,1H3. The highest BCUT2D eigenvalue weighted by molar-refractivity contribution is 4.98. The van der Waals surface area contributed by atoms with Crippen LogP contribution in [-0.4, -0.2) is 5.11 Å². The van der Waals surface area contributed by atoms with Gasteiger partial charge in [0.1, 0.15) is 0 Å². The van der Waals surface area contributed by atoms with E-state index in [2.05, 4.69) is 13.0 Å². The zero-order valence-corrected chi connectivity index (χ0v) is 15.1.